The van der Waals surface area contributed by atoms with Gasteiger partial charge < -0.3 is 15.2 Å². The molecule has 0 aliphatic rings. The number of hydrogen-bond donors (Lipinski definition) is 1. The lowest BCUT2D eigenvalue weighted by atomic mass is 10.1. The van der Waals surface area contributed by atoms with Crippen molar-refractivity contribution in [1.82, 2.24) is 9.97 Å². The van der Waals surface area contributed by atoms with Gasteiger partial charge in [-0.15, -0.1) is 0 Å². The highest BCUT2D eigenvalue weighted by atomic mass is 35.5. The van der Waals surface area contributed by atoms with E-state index in [1.807, 2.05) is 58.0 Å². The van der Waals surface area contributed by atoms with Crippen LogP contribution in [0.1, 0.15) is 22.3 Å². The number of hydrogen-bond acceptors (Lipinski definition) is 5. The molecule has 0 saturated heterocycles. The first-order valence-electron chi connectivity index (χ1n) is 8.15. The molecule has 6 heteroatoms. The predicted octanol–water partition coefficient (Wildman–Crippen LogP) is 5.53. The van der Waals surface area contributed by atoms with Gasteiger partial charge in [-0.2, -0.15) is 9.97 Å². The zero-order valence-corrected chi connectivity index (χ0v) is 15.9. The second-order valence-electron chi connectivity index (χ2n) is 6.22. The topological polar surface area (TPSA) is 70.3 Å². The monoisotopic (exact) mass is 369 g/mol. The lowest BCUT2D eigenvalue weighted by Gasteiger charge is -2.13. The summed E-state index contributed by atoms with van der Waals surface area (Å²) in [5.74, 6) is 1.75. The zero-order valence-electron chi connectivity index (χ0n) is 15.1. The normalized spacial score (nSPS) is 10.7. The summed E-state index contributed by atoms with van der Waals surface area (Å²) in [5, 5.41) is 0.715. The molecule has 0 amide bonds. The number of anilines is 1. The highest BCUT2D eigenvalue weighted by Gasteiger charge is 2.14. The maximum absolute atomic E-state index is 6.20. The molecular formula is C20H20ClN3O2. The third kappa shape index (κ3) is 3.73. The fraction of sp³-hybridized carbons (Fsp3) is 0.200. The van der Waals surface area contributed by atoms with E-state index in [0.717, 1.165) is 16.7 Å². The molecule has 2 N–H and O–H groups in total. The molecule has 0 atom stereocenters. The lowest BCUT2D eigenvalue weighted by molar-refractivity contribution is 0.438. The fourth-order valence-electron chi connectivity index (χ4n) is 2.49. The van der Waals surface area contributed by atoms with Crippen LogP contribution in [0.5, 0.6) is 23.3 Å². The van der Waals surface area contributed by atoms with Gasteiger partial charge in [0.1, 0.15) is 17.8 Å². The van der Waals surface area contributed by atoms with E-state index in [-0.39, 0.29) is 17.4 Å². The quantitative estimate of drug-likeness (QED) is 0.654. The summed E-state index contributed by atoms with van der Waals surface area (Å²) in [5.41, 5.74) is 10.5. The number of nitrogens with two attached hydrogens (primary N) is 1. The van der Waals surface area contributed by atoms with E-state index < -0.39 is 0 Å². The maximum atomic E-state index is 6.20. The molecular weight excluding hydrogens is 350 g/mol. The highest BCUT2D eigenvalue weighted by Crippen LogP contribution is 2.35. The Bertz CT molecular complexity index is 950. The van der Waals surface area contributed by atoms with Crippen molar-refractivity contribution in [2.75, 3.05) is 5.73 Å². The van der Waals surface area contributed by atoms with Gasteiger partial charge in [-0.1, -0.05) is 17.7 Å². The van der Waals surface area contributed by atoms with Crippen molar-refractivity contribution in [3.05, 3.63) is 63.9 Å². The minimum absolute atomic E-state index is 0.232. The summed E-state index contributed by atoms with van der Waals surface area (Å²) in [7, 11) is 0. The van der Waals surface area contributed by atoms with E-state index in [9.17, 15) is 0 Å². The van der Waals surface area contributed by atoms with Crippen molar-refractivity contribution in [3.8, 4) is 23.3 Å². The van der Waals surface area contributed by atoms with E-state index in [1.165, 1.54) is 11.9 Å². The Morgan fingerprint density at radius 2 is 1.31 bits per heavy atom. The average molecular weight is 370 g/mol. The molecule has 0 saturated carbocycles. The first-order chi connectivity index (χ1) is 12.3. The Morgan fingerprint density at radius 3 is 1.88 bits per heavy atom. The van der Waals surface area contributed by atoms with E-state index in [0.29, 0.717) is 16.5 Å². The summed E-state index contributed by atoms with van der Waals surface area (Å²) in [6, 6.07) is 9.46. The van der Waals surface area contributed by atoms with Crippen LogP contribution in [-0.2, 0) is 0 Å². The van der Waals surface area contributed by atoms with Gasteiger partial charge in [0.05, 0.1) is 0 Å². The molecule has 3 rings (SSSR count). The number of benzene rings is 2. The van der Waals surface area contributed by atoms with Crippen molar-refractivity contribution < 1.29 is 9.47 Å². The van der Waals surface area contributed by atoms with Crippen molar-refractivity contribution in [1.29, 1.82) is 0 Å². The van der Waals surface area contributed by atoms with Crippen LogP contribution in [0, 0.1) is 27.7 Å². The molecule has 0 spiro atoms. The third-order valence-electron chi connectivity index (χ3n) is 4.13. The van der Waals surface area contributed by atoms with Gasteiger partial charge in [-0.3, -0.25) is 0 Å². The molecule has 0 radical (unpaired) electrons. The summed E-state index contributed by atoms with van der Waals surface area (Å²) < 4.78 is 11.6. The fourth-order valence-corrected chi connectivity index (χ4v) is 2.60. The Hall–Kier alpha value is -2.79. The number of aryl methyl sites for hydroxylation is 4. The van der Waals surface area contributed by atoms with Gasteiger partial charge in [-0.25, -0.2) is 0 Å². The summed E-state index contributed by atoms with van der Waals surface area (Å²) in [6.07, 6.45) is 1.36. The molecule has 134 valence electrons. The Morgan fingerprint density at radius 1 is 0.769 bits per heavy atom. The molecule has 3 aromatic rings. The number of ether oxygens (including phenoxy) is 2. The number of halogens is 1. The second kappa shape index (κ2) is 7.22. The van der Waals surface area contributed by atoms with Crippen LogP contribution in [0.2, 0.25) is 5.02 Å². The van der Waals surface area contributed by atoms with Crippen LogP contribution in [0.3, 0.4) is 0 Å². The van der Waals surface area contributed by atoms with Gasteiger partial charge in [0, 0.05) is 5.02 Å². The van der Waals surface area contributed by atoms with Crippen molar-refractivity contribution in [2.24, 2.45) is 0 Å². The van der Waals surface area contributed by atoms with Crippen LogP contribution < -0.4 is 15.2 Å². The van der Waals surface area contributed by atoms with Crippen LogP contribution >= 0.6 is 11.6 Å². The smallest absolute Gasteiger partial charge is 0.249 e. The number of aromatic nitrogens is 2. The largest absolute Gasteiger partial charge is 0.437 e. The van der Waals surface area contributed by atoms with Crippen molar-refractivity contribution >= 4 is 17.3 Å². The predicted molar refractivity (Wildman–Crippen MR) is 103 cm³/mol. The van der Waals surface area contributed by atoms with Crippen molar-refractivity contribution in [3.63, 3.8) is 0 Å². The molecule has 0 unspecified atom stereocenters. The molecule has 0 aliphatic heterocycles. The van der Waals surface area contributed by atoms with E-state index >= 15 is 0 Å². The van der Waals surface area contributed by atoms with Gasteiger partial charge in [-0.05, 0) is 74.2 Å². The van der Waals surface area contributed by atoms with Gasteiger partial charge in [0.15, 0.2) is 5.69 Å². The zero-order chi connectivity index (χ0) is 18.8. The van der Waals surface area contributed by atoms with Gasteiger partial charge in [0.2, 0.25) is 11.8 Å². The van der Waals surface area contributed by atoms with Crippen LogP contribution in [-0.4, -0.2) is 9.97 Å². The maximum Gasteiger partial charge on any atom is 0.249 e. The van der Waals surface area contributed by atoms with Crippen molar-refractivity contribution in [2.45, 2.75) is 27.7 Å². The Labute approximate surface area is 157 Å². The van der Waals surface area contributed by atoms with Gasteiger partial charge in [0.25, 0.3) is 0 Å². The second-order valence-corrected chi connectivity index (χ2v) is 6.60. The summed E-state index contributed by atoms with van der Waals surface area (Å²) in [4.78, 5) is 8.24. The minimum Gasteiger partial charge on any atom is -0.437 e. The van der Waals surface area contributed by atoms with E-state index in [4.69, 9.17) is 26.8 Å². The molecule has 1 heterocycles. The Balaban J connectivity index is 1.88. The molecule has 0 aliphatic carbocycles. The SMILES string of the molecule is Cc1ccc(Oc2ncnc(Oc3cc(C)c(Cl)c(C)c3)c2N)cc1C. The standard InChI is InChI=1S/C20H20ClN3O2/c1-11-5-6-15(7-12(11)2)25-19-18(22)20(24-10-23-19)26-16-8-13(3)17(21)14(4)9-16/h5-10H,22H2,1-4H3. The first-order valence-corrected chi connectivity index (χ1v) is 8.53. The third-order valence-corrected chi connectivity index (χ3v) is 4.72. The lowest BCUT2D eigenvalue weighted by Crippen LogP contribution is -2.01. The summed E-state index contributed by atoms with van der Waals surface area (Å²) in [6.45, 7) is 7.89. The summed E-state index contributed by atoms with van der Waals surface area (Å²) >= 11 is 6.20. The van der Waals surface area contributed by atoms with Crippen LogP contribution in [0.4, 0.5) is 5.69 Å². The molecule has 2 aromatic carbocycles. The van der Waals surface area contributed by atoms with E-state index in [1.54, 1.807) is 0 Å². The van der Waals surface area contributed by atoms with Crippen LogP contribution in [0.15, 0.2) is 36.7 Å². The molecule has 26 heavy (non-hydrogen) atoms. The molecule has 1 aromatic heterocycles. The van der Waals surface area contributed by atoms with Crippen LogP contribution in [0.25, 0.3) is 0 Å². The highest BCUT2D eigenvalue weighted by molar-refractivity contribution is 6.32. The van der Waals surface area contributed by atoms with Gasteiger partial charge >= 0.3 is 0 Å². The first kappa shape index (κ1) is 18.0. The molecule has 5 nitrogen and oxygen atoms in total. The van der Waals surface area contributed by atoms with E-state index in [2.05, 4.69) is 9.97 Å². The number of rotatable bonds is 4. The molecule has 0 bridgehead atoms. The molecule has 0 fully saturated rings. The minimum atomic E-state index is 0.232. The Kier molecular flexibility index (Phi) is 5.00. The average Bonchev–Trinajstić information content (AvgIpc) is 2.59. The number of nitrogens with zero attached hydrogens (tertiary/aromatic N) is 2. The number of nitrogen functional groups attached to an aromatic ring is 1.